The number of nitrogens with zero attached hydrogens (tertiary/aromatic N) is 2. The Morgan fingerprint density at radius 3 is 2.82 bits per heavy atom. The monoisotopic (exact) mass is 253 g/mol. The molecule has 0 aliphatic rings. The summed E-state index contributed by atoms with van der Waals surface area (Å²) in [5.74, 6) is 0.163. The van der Waals surface area contributed by atoms with Crippen LogP contribution >= 0.6 is 0 Å². The molecule has 7 heteroatoms. The first-order valence-corrected chi connectivity index (χ1v) is 6.85. The van der Waals surface area contributed by atoms with Crippen LogP contribution in [-0.2, 0) is 15.6 Å². The Morgan fingerprint density at radius 2 is 2.24 bits per heavy atom. The number of hydrogen-bond donors (Lipinski definition) is 1. The number of pyridine rings is 1. The molecule has 0 saturated heterocycles. The zero-order valence-electron chi connectivity index (χ0n) is 9.12. The summed E-state index contributed by atoms with van der Waals surface area (Å²) in [6.07, 6.45) is 4.32. The molecule has 0 bridgehead atoms. The topological polar surface area (TPSA) is 99.1 Å². The number of nitrogens with two attached hydrogens (primary N) is 1. The van der Waals surface area contributed by atoms with Crippen molar-refractivity contribution in [3.8, 4) is 11.1 Å². The third-order valence-corrected chi connectivity index (χ3v) is 2.92. The first kappa shape index (κ1) is 11.6. The van der Waals surface area contributed by atoms with E-state index >= 15 is 0 Å². The number of hydrogen-bond acceptors (Lipinski definition) is 6. The molecule has 2 rings (SSSR count). The molecule has 2 aromatic heterocycles. The zero-order chi connectivity index (χ0) is 12.5. The molecule has 2 aromatic rings. The summed E-state index contributed by atoms with van der Waals surface area (Å²) < 4.78 is 27.4. The standard InChI is InChI=1S/C10H11N3O3S/c1-17(14,15)6-8-9(10(11)13-16-8)7-3-2-4-12-5-7/h2-5H,6H2,1H3,(H2,11,13). The van der Waals surface area contributed by atoms with Crippen molar-refractivity contribution >= 4 is 15.7 Å². The van der Waals surface area contributed by atoms with Gasteiger partial charge in [-0.15, -0.1) is 0 Å². The molecule has 0 unspecified atom stereocenters. The van der Waals surface area contributed by atoms with E-state index < -0.39 is 9.84 Å². The number of aromatic nitrogens is 2. The summed E-state index contributed by atoms with van der Waals surface area (Å²) in [7, 11) is -3.20. The first-order chi connectivity index (χ1) is 7.97. The Labute approximate surface area is 98.4 Å². The molecule has 2 heterocycles. The molecule has 90 valence electrons. The van der Waals surface area contributed by atoms with Crippen LogP contribution < -0.4 is 5.73 Å². The maximum atomic E-state index is 11.2. The Balaban J connectivity index is 2.51. The van der Waals surface area contributed by atoms with Gasteiger partial charge < -0.3 is 10.3 Å². The normalized spacial score (nSPS) is 11.6. The lowest BCUT2D eigenvalue weighted by molar-refractivity contribution is 0.396. The van der Waals surface area contributed by atoms with E-state index in [-0.39, 0.29) is 17.3 Å². The molecule has 6 nitrogen and oxygen atoms in total. The van der Waals surface area contributed by atoms with Crippen molar-refractivity contribution in [2.45, 2.75) is 5.75 Å². The molecule has 0 spiro atoms. The van der Waals surface area contributed by atoms with Crippen molar-refractivity contribution in [2.75, 3.05) is 12.0 Å². The molecule has 2 N–H and O–H groups in total. The van der Waals surface area contributed by atoms with E-state index in [4.69, 9.17) is 10.3 Å². The van der Waals surface area contributed by atoms with Crippen LogP contribution in [0.3, 0.4) is 0 Å². The minimum atomic E-state index is -3.20. The Hall–Kier alpha value is -1.89. The van der Waals surface area contributed by atoms with Crippen LogP contribution in [0, 0.1) is 0 Å². The molecule has 0 amide bonds. The molecule has 0 atom stereocenters. The molecule has 0 saturated carbocycles. The van der Waals surface area contributed by atoms with Crippen LogP contribution in [0.1, 0.15) is 5.76 Å². The van der Waals surface area contributed by atoms with Gasteiger partial charge in [-0.2, -0.15) is 0 Å². The van der Waals surface area contributed by atoms with Gasteiger partial charge in [-0.1, -0.05) is 11.2 Å². The van der Waals surface area contributed by atoms with Crippen LogP contribution in [-0.4, -0.2) is 24.8 Å². The highest BCUT2D eigenvalue weighted by molar-refractivity contribution is 7.89. The average molecular weight is 253 g/mol. The van der Waals surface area contributed by atoms with Crippen LogP contribution in [0.15, 0.2) is 29.0 Å². The number of rotatable bonds is 3. The minimum Gasteiger partial charge on any atom is -0.380 e. The Kier molecular flexibility index (Phi) is 2.84. The van der Waals surface area contributed by atoms with Crippen LogP contribution in [0.5, 0.6) is 0 Å². The summed E-state index contributed by atoms with van der Waals surface area (Å²) in [4.78, 5) is 3.94. The van der Waals surface area contributed by atoms with Gasteiger partial charge in [-0.25, -0.2) is 8.42 Å². The lowest BCUT2D eigenvalue weighted by Gasteiger charge is -2.00. The fourth-order valence-corrected chi connectivity index (χ4v) is 2.17. The Morgan fingerprint density at radius 1 is 1.47 bits per heavy atom. The SMILES string of the molecule is CS(=O)(=O)Cc1onc(N)c1-c1cccnc1. The van der Waals surface area contributed by atoms with Crippen molar-refractivity contribution in [3.05, 3.63) is 30.3 Å². The first-order valence-electron chi connectivity index (χ1n) is 4.79. The number of nitrogen functional groups attached to an aromatic ring is 1. The molecule has 0 aliphatic heterocycles. The van der Waals surface area contributed by atoms with Crippen molar-refractivity contribution < 1.29 is 12.9 Å². The molecular formula is C10H11N3O3S. The summed E-state index contributed by atoms with van der Waals surface area (Å²) in [6.45, 7) is 0. The van der Waals surface area contributed by atoms with Crippen molar-refractivity contribution in [1.29, 1.82) is 0 Å². The molecule has 0 radical (unpaired) electrons. The van der Waals surface area contributed by atoms with Gasteiger partial charge >= 0.3 is 0 Å². The lowest BCUT2D eigenvalue weighted by Crippen LogP contribution is -2.01. The summed E-state index contributed by atoms with van der Waals surface area (Å²) in [5, 5.41) is 3.59. The lowest BCUT2D eigenvalue weighted by atomic mass is 10.1. The van der Waals surface area contributed by atoms with Gasteiger partial charge in [0.1, 0.15) is 5.75 Å². The van der Waals surface area contributed by atoms with E-state index in [1.165, 1.54) is 0 Å². The van der Waals surface area contributed by atoms with E-state index in [9.17, 15) is 8.42 Å². The van der Waals surface area contributed by atoms with Gasteiger partial charge in [0.2, 0.25) is 0 Å². The van der Waals surface area contributed by atoms with Gasteiger partial charge in [0.05, 0.1) is 5.56 Å². The zero-order valence-corrected chi connectivity index (χ0v) is 9.94. The van der Waals surface area contributed by atoms with Gasteiger partial charge in [-0.05, 0) is 6.07 Å². The predicted molar refractivity (Wildman–Crippen MR) is 62.7 cm³/mol. The molecule has 0 fully saturated rings. The average Bonchev–Trinajstić information content (AvgIpc) is 2.58. The van der Waals surface area contributed by atoms with Crippen LogP contribution in [0.2, 0.25) is 0 Å². The summed E-state index contributed by atoms with van der Waals surface area (Å²) in [5.41, 5.74) is 6.84. The largest absolute Gasteiger partial charge is 0.380 e. The molecule has 0 aromatic carbocycles. The van der Waals surface area contributed by atoms with E-state index in [2.05, 4.69) is 10.1 Å². The van der Waals surface area contributed by atoms with Crippen molar-refractivity contribution in [3.63, 3.8) is 0 Å². The smallest absolute Gasteiger partial charge is 0.175 e. The summed E-state index contributed by atoms with van der Waals surface area (Å²) >= 11 is 0. The van der Waals surface area contributed by atoms with E-state index in [0.29, 0.717) is 11.1 Å². The van der Waals surface area contributed by atoms with Gasteiger partial charge in [0, 0.05) is 24.2 Å². The Bertz CT molecular complexity index is 620. The second-order valence-corrected chi connectivity index (χ2v) is 5.82. The van der Waals surface area contributed by atoms with E-state index in [1.807, 2.05) is 0 Å². The minimum absolute atomic E-state index is 0.164. The van der Waals surface area contributed by atoms with E-state index in [1.54, 1.807) is 24.5 Å². The summed E-state index contributed by atoms with van der Waals surface area (Å²) in [6, 6.07) is 3.49. The fourth-order valence-electron chi connectivity index (χ4n) is 1.49. The fraction of sp³-hybridized carbons (Fsp3) is 0.200. The second kappa shape index (κ2) is 4.17. The van der Waals surface area contributed by atoms with Crippen LogP contribution in [0.4, 0.5) is 5.82 Å². The van der Waals surface area contributed by atoms with Crippen molar-refractivity contribution in [2.24, 2.45) is 0 Å². The molecule has 0 aliphatic carbocycles. The maximum absolute atomic E-state index is 11.2. The number of anilines is 1. The van der Waals surface area contributed by atoms with E-state index in [0.717, 1.165) is 6.26 Å². The number of sulfone groups is 1. The highest BCUT2D eigenvalue weighted by Gasteiger charge is 2.19. The predicted octanol–water partition coefficient (Wildman–Crippen LogP) is 0.863. The maximum Gasteiger partial charge on any atom is 0.175 e. The molecular weight excluding hydrogens is 242 g/mol. The van der Waals surface area contributed by atoms with Crippen LogP contribution in [0.25, 0.3) is 11.1 Å². The highest BCUT2D eigenvalue weighted by atomic mass is 32.2. The second-order valence-electron chi connectivity index (χ2n) is 3.68. The van der Waals surface area contributed by atoms with Crippen molar-refractivity contribution in [1.82, 2.24) is 10.1 Å². The van der Waals surface area contributed by atoms with Gasteiger partial charge in [0.15, 0.2) is 21.4 Å². The van der Waals surface area contributed by atoms with Gasteiger partial charge in [-0.3, -0.25) is 4.98 Å². The highest BCUT2D eigenvalue weighted by Crippen LogP contribution is 2.29. The molecule has 17 heavy (non-hydrogen) atoms. The van der Waals surface area contributed by atoms with Gasteiger partial charge in [0.25, 0.3) is 0 Å². The third-order valence-electron chi connectivity index (χ3n) is 2.13. The quantitative estimate of drug-likeness (QED) is 0.871. The third kappa shape index (κ3) is 2.62.